The summed E-state index contributed by atoms with van der Waals surface area (Å²) in [6, 6.07) is 12.1. The van der Waals surface area contributed by atoms with Crippen molar-refractivity contribution in [1.82, 2.24) is 15.3 Å². The van der Waals surface area contributed by atoms with E-state index in [-0.39, 0.29) is 5.95 Å². The van der Waals surface area contributed by atoms with Gasteiger partial charge in [-0.1, -0.05) is 12.1 Å². The van der Waals surface area contributed by atoms with Gasteiger partial charge in [0.05, 0.1) is 17.3 Å². The average Bonchev–Trinajstić information content (AvgIpc) is 3.05. The van der Waals surface area contributed by atoms with Crippen molar-refractivity contribution in [2.75, 3.05) is 30.3 Å². The first-order valence-electron chi connectivity index (χ1n) is 8.36. The fourth-order valence-corrected chi connectivity index (χ4v) is 3.74. The maximum Gasteiger partial charge on any atom is 0.222 e. The number of nitrogens with zero attached hydrogens (tertiary/aromatic N) is 4. The number of hydrogen-bond donors (Lipinski definition) is 2. The molecule has 2 aromatic rings. The number of anilines is 2. The third-order valence-corrected chi connectivity index (χ3v) is 4.94. The number of nitrogen functional groups attached to an aromatic ring is 1. The molecule has 2 fully saturated rings. The van der Waals surface area contributed by atoms with Crippen molar-refractivity contribution in [3.8, 4) is 17.3 Å². The Hall–Kier alpha value is -2.65. The third kappa shape index (κ3) is 2.79. The summed E-state index contributed by atoms with van der Waals surface area (Å²) in [5.74, 6) is 1.82. The molecule has 0 amide bonds. The van der Waals surface area contributed by atoms with E-state index in [1.54, 1.807) is 6.07 Å². The van der Waals surface area contributed by atoms with Gasteiger partial charge in [0.15, 0.2) is 0 Å². The molecule has 2 unspecified atom stereocenters. The highest BCUT2D eigenvalue weighted by molar-refractivity contribution is 5.66. The second-order valence-corrected chi connectivity index (χ2v) is 6.53. The number of aromatic nitrogens is 2. The number of rotatable bonds is 2. The van der Waals surface area contributed by atoms with E-state index >= 15 is 0 Å². The Labute approximate surface area is 141 Å². The van der Waals surface area contributed by atoms with Crippen LogP contribution in [0.5, 0.6) is 0 Å². The standard InChI is InChI=1S/C18H20N6/c19-9-12-3-1-4-13(7-12)15-8-17(23-18(20)22-15)24-10-14-5-2-6-21-16(14)11-24/h1,3-4,7-8,14,16,21H,2,5-6,10-11H2,(H2,20,22,23). The fraction of sp³-hybridized carbons (Fsp3) is 0.389. The lowest BCUT2D eigenvalue weighted by molar-refractivity contribution is 0.340. The van der Waals surface area contributed by atoms with Gasteiger partial charge in [0.1, 0.15) is 5.82 Å². The minimum absolute atomic E-state index is 0.271. The van der Waals surface area contributed by atoms with Crippen molar-refractivity contribution in [2.45, 2.75) is 18.9 Å². The van der Waals surface area contributed by atoms with E-state index in [9.17, 15) is 0 Å². The summed E-state index contributed by atoms with van der Waals surface area (Å²) in [6.45, 7) is 3.07. The summed E-state index contributed by atoms with van der Waals surface area (Å²) in [4.78, 5) is 11.1. The first-order chi connectivity index (χ1) is 11.7. The fourth-order valence-electron chi connectivity index (χ4n) is 3.74. The number of piperidine rings is 1. The molecule has 0 radical (unpaired) electrons. The van der Waals surface area contributed by atoms with Gasteiger partial charge in [-0.15, -0.1) is 0 Å². The summed E-state index contributed by atoms with van der Waals surface area (Å²) in [5.41, 5.74) is 8.22. The van der Waals surface area contributed by atoms with Crippen molar-refractivity contribution < 1.29 is 0 Å². The highest BCUT2D eigenvalue weighted by atomic mass is 15.3. The molecular weight excluding hydrogens is 300 g/mol. The number of nitrogens with one attached hydrogen (secondary N) is 1. The van der Waals surface area contributed by atoms with Crippen LogP contribution in [-0.2, 0) is 0 Å². The monoisotopic (exact) mass is 320 g/mol. The minimum Gasteiger partial charge on any atom is -0.368 e. The molecule has 24 heavy (non-hydrogen) atoms. The Morgan fingerprint density at radius 2 is 2.17 bits per heavy atom. The molecule has 4 rings (SSSR count). The molecule has 0 saturated carbocycles. The molecular formula is C18H20N6. The van der Waals surface area contributed by atoms with Gasteiger partial charge in [0.25, 0.3) is 0 Å². The SMILES string of the molecule is N#Cc1cccc(-c2cc(N3CC4CCCNC4C3)nc(N)n2)c1. The Morgan fingerprint density at radius 1 is 1.25 bits per heavy atom. The number of nitriles is 1. The maximum atomic E-state index is 9.09. The predicted molar refractivity (Wildman–Crippen MR) is 93.3 cm³/mol. The van der Waals surface area contributed by atoms with Gasteiger partial charge in [-0.05, 0) is 37.4 Å². The molecule has 2 aliphatic rings. The molecule has 1 aromatic heterocycles. The average molecular weight is 320 g/mol. The van der Waals surface area contributed by atoms with Crippen molar-refractivity contribution in [2.24, 2.45) is 5.92 Å². The van der Waals surface area contributed by atoms with E-state index < -0.39 is 0 Å². The lowest BCUT2D eigenvalue weighted by Gasteiger charge is -2.24. The van der Waals surface area contributed by atoms with Crippen LogP contribution in [0, 0.1) is 17.2 Å². The van der Waals surface area contributed by atoms with Crippen LogP contribution < -0.4 is 16.0 Å². The van der Waals surface area contributed by atoms with E-state index in [1.165, 1.54) is 12.8 Å². The summed E-state index contributed by atoms with van der Waals surface area (Å²) in [5, 5.41) is 12.7. The third-order valence-electron chi connectivity index (χ3n) is 4.94. The zero-order valence-electron chi connectivity index (χ0n) is 13.4. The first-order valence-corrected chi connectivity index (χ1v) is 8.36. The highest BCUT2D eigenvalue weighted by Crippen LogP contribution is 2.30. The molecule has 0 bridgehead atoms. The summed E-state index contributed by atoms with van der Waals surface area (Å²) in [7, 11) is 0. The van der Waals surface area contributed by atoms with E-state index in [0.717, 1.165) is 36.7 Å². The Balaban J connectivity index is 1.65. The van der Waals surface area contributed by atoms with Gasteiger partial charge < -0.3 is 16.0 Å². The zero-order valence-corrected chi connectivity index (χ0v) is 13.4. The van der Waals surface area contributed by atoms with Crippen molar-refractivity contribution in [3.63, 3.8) is 0 Å². The molecule has 6 nitrogen and oxygen atoms in total. The van der Waals surface area contributed by atoms with Crippen LogP contribution in [-0.4, -0.2) is 35.6 Å². The lowest BCUT2D eigenvalue weighted by Crippen LogP contribution is -2.40. The van der Waals surface area contributed by atoms with E-state index in [4.69, 9.17) is 11.0 Å². The van der Waals surface area contributed by atoms with Crippen LogP contribution in [0.3, 0.4) is 0 Å². The number of nitrogens with two attached hydrogens (primary N) is 1. The number of fused-ring (bicyclic) bond motifs is 1. The highest BCUT2D eigenvalue weighted by Gasteiger charge is 2.35. The molecule has 0 aliphatic carbocycles. The van der Waals surface area contributed by atoms with Gasteiger partial charge in [-0.25, -0.2) is 4.98 Å². The smallest absolute Gasteiger partial charge is 0.222 e. The maximum absolute atomic E-state index is 9.09. The molecule has 2 saturated heterocycles. The molecule has 0 spiro atoms. The second-order valence-electron chi connectivity index (χ2n) is 6.53. The molecule has 2 aliphatic heterocycles. The largest absolute Gasteiger partial charge is 0.368 e. The summed E-state index contributed by atoms with van der Waals surface area (Å²) >= 11 is 0. The van der Waals surface area contributed by atoms with Crippen LogP contribution in [0.15, 0.2) is 30.3 Å². The topological polar surface area (TPSA) is 90.9 Å². The Morgan fingerprint density at radius 3 is 3.00 bits per heavy atom. The van der Waals surface area contributed by atoms with Crippen molar-refractivity contribution >= 4 is 11.8 Å². The molecule has 1 aromatic carbocycles. The molecule has 3 heterocycles. The molecule has 3 N–H and O–H groups in total. The molecule has 6 heteroatoms. The van der Waals surface area contributed by atoms with Crippen LogP contribution in [0.4, 0.5) is 11.8 Å². The first kappa shape index (κ1) is 14.9. The normalized spacial score (nSPS) is 22.9. The molecule has 2 atom stereocenters. The quantitative estimate of drug-likeness (QED) is 0.876. The van der Waals surface area contributed by atoms with Crippen LogP contribution in [0.2, 0.25) is 0 Å². The van der Waals surface area contributed by atoms with Crippen LogP contribution >= 0.6 is 0 Å². The Kier molecular flexibility index (Phi) is 3.79. The molecule has 122 valence electrons. The zero-order chi connectivity index (χ0) is 16.5. The minimum atomic E-state index is 0.271. The van der Waals surface area contributed by atoms with Crippen molar-refractivity contribution in [1.29, 1.82) is 5.26 Å². The van der Waals surface area contributed by atoms with E-state index in [0.29, 0.717) is 17.5 Å². The van der Waals surface area contributed by atoms with E-state index in [2.05, 4.69) is 26.3 Å². The van der Waals surface area contributed by atoms with Gasteiger partial charge in [0, 0.05) is 30.8 Å². The number of hydrogen-bond acceptors (Lipinski definition) is 6. The van der Waals surface area contributed by atoms with Gasteiger partial charge in [0.2, 0.25) is 5.95 Å². The van der Waals surface area contributed by atoms with Crippen LogP contribution in [0.1, 0.15) is 18.4 Å². The summed E-state index contributed by atoms with van der Waals surface area (Å²) in [6.07, 6.45) is 2.51. The lowest BCUT2D eigenvalue weighted by atomic mass is 9.94. The Bertz CT molecular complexity index is 782. The summed E-state index contributed by atoms with van der Waals surface area (Å²) < 4.78 is 0. The van der Waals surface area contributed by atoms with Crippen molar-refractivity contribution in [3.05, 3.63) is 35.9 Å². The number of benzene rings is 1. The second kappa shape index (κ2) is 6.10. The van der Waals surface area contributed by atoms with E-state index in [1.807, 2.05) is 24.3 Å². The van der Waals surface area contributed by atoms with Crippen LogP contribution in [0.25, 0.3) is 11.3 Å². The van der Waals surface area contributed by atoms with Gasteiger partial charge in [-0.2, -0.15) is 10.2 Å². The van der Waals surface area contributed by atoms with Gasteiger partial charge in [-0.3, -0.25) is 0 Å². The predicted octanol–water partition coefficient (Wildman–Crippen LogP) is 1.79. The van der Waals surface area contributed by atoms with Gasteiger partial charge >= 0.3 is 0 Å².